The van der Waals surface area contributed by atoms with Gasteiger partial charge < -0.3 is 9.80 Å². The summed E-state index contributed by atoms with van der Waals surface area (Å²) in [5.41, 5.74) is 3.56. The van der Waals surface area contributed by atoms with Crippen LogP contribution in [-0.2, 0) is 11.3 Å². The Bertz CT molecular complexity index is 794. The first-order valence-electron chi connectivity index (χ1n) is 8.69. The van der Waals surface area contributed by atoms with Crippen molar-refractivity contribution in [1.82, 2.24) is 9.91 Å². The Morgan fingerprint density at radius 1 is 0.920 bits per heavy atom. The predicted octanol–water partition coefficient (Wildman–Crippen LogP) is 2.18. The molecule has 2 aromatic rings. The second-order valence-electron chi connectivity index (χ2n) is 6.60. The van der Waals surface area contributed by atoms with E-state index in [9.17, 15) is 4.79 Å². The molecule has 0 atom stereocenters. The molecule has 25 heavy (non-hydrogen) atoms. The maximum absolute atomic E-state index is 13.1. The van der Waals surface area contributed by atoms with Gasteiger partial charge in [0.15, 0.2) is 5.71 Å². The zero-order valence-corrected chi connectivity index (χ0v) is 14.4. The molecule has 1 fully saturated rings. The van der Waals surface area contributed by atoms with E-state index in [1.807, 2.05) is 64.5 Å². The minimum absolute atomic E-state index is 0.0102. The Labute approximate surface area is 148 Å². The highest BCUT2D eigenvalue weighted by Crippen LogP contribution is 2.30. The van der Waals surface area contributed by atoms with Crippen LogP contribution in [0, 0.1) is 0 Å². The smallest absolute Gasteiger partial charge is 0.279 e. The van der Waals surface area contributed by atoms with Crippen LogP contribution in [0.2, 0.25) is 0 Å². The lowest BCUT2D eigenvalue weighted by atomic mass is 10.1. The average molecular weight is 334 g/mol. The van der Waals surface area contributed by atoms with Crippen LogP contribution in [0.25, 0.3) is 0 Å². The molecule has 1 amide bonds. The summed E-state index contributed by atoms with van der Waals surface area (Å²) >= 11 is 0. The first kappa shape index (κ1) is 15.8. The lowest BCUT2D eigenvalue weighted by molar-refractivity contribution is -0.112. The highest BCUT2D eigenvalue weighted by Gasteiger charge is 2.34. The molecule has 0 unspecified atom stereocenters. The third-order valence-electron chi connectivity index (χ3n) is 4.80. The number of carbonyl (C=O) groups is 1. The zero-order valence-electron chi connectivity index (χ0n) is 14.4. The van der Waals surface area contributed by atoms with Crippen LogP contribution in [0.4, 0.5) is 5.69 Å². The highest BCUT2D eigenvalue weighted by molar-refractivity contribution is 6.54. The topological polar surface area (TPSA) is 39.1 Å². The van der Waals surface area contributed by atoms with Gasteiger partial charge in [-0.1, -0.05) is 48.5 Å². The molecule has 0 aliphatic carbocycles. The monoisotopic (exact) mass is 334 g/mol. The largest absolute Gasteiger partial charge is 0.303 e. The number of piperazine rings is 1. The molecule has 5 nitrogen and oxygen atoms in total. The number of benzene rings is 2. The van der Waals surface area contributed by atoms with E-state index in [1.165, 1.54) is 0 Å². The second kappa shape index (κ2) is 6.69. The van der Waals surface area contributed by atoms with Crippen molar-refractivity contribution in [1.29, 1.82) is 0 Å². The van der Waals surface area contributed by atoms with Crippen LogP contribution >= 0.6 is 0 Å². The van der Waals surface area contributed by atoms with Gasteiger partial charge in [-0.3, -0.25) is 9.80 Å². The maximum atomic E-state index is 13.1. The number of hydrazone groups is 1. The normalized spacial score (nSPS) is 19.6. The average Bonchev–Trinajstić information content (AvgIpc) is 2.90. The van der Waals surface area contributed by atoms with Crippen molar-refractivity contribution >= 4 is 17.3 Å². The SMILES string of the molecule is CN1CCN(/N=C2/C(=O)N(Cc3ccccc3)c3ccccc32)CC1. The molecule has 1 saturated heterocycles. The summed E-state index contributed by atoms with van der Waals surface area (Å²) in [7, 11) is 2.11. The molecule has 0 saturated carbocycles. The van der Waals surface area contributed by atoms with Gasteiger partial charge in [-0.25, -0.2) is 0 Å². The van der Waals surface area contributed by atoms with Gasteiger partial charge >= 0.3 is 0 Å². The molecule has 0 aromatic heterocycles. The van der Waals surface area contributed by atoms with Crippen molar-refractivity contribution in [3.8, 4) is 0 Å². The Balaban J connectivity index is 1.64. The maximum Gasteiger partial charge on any atom is 0.279 e. The van der Waals surface area contributed by atoms with E-state index in [0.717, 1.165) is 43.0 Å². The fraction of sp³-hybridized carbons (Fsp3) is 0.300. The van der Waals surface area contributed by atoms with E-state index < -0.39 is 0 Å². The number of likely N-dealkylation sites (N-methyl/N-ethyl adjacent to an activating group) is 1. The number of nitrogens with zero attached hydrogens (tertiary/aromatic N) is 4. The third-order valence-corrected chi connectivity index (χ3v) is 4.80. The standard InChI is InChI=1S/C20H22N4O/c1-22-11-13-23(14-12-22)21-19-17-9-5-6-10-18(17)24(20(19)25)15-16-7-3-2-4-8-16/h2-10H,11-15H2,1H3/b21-19+. The molecular weight excluding hydrogens is 312 g/mol. The summed E-state index contributed by atoms with van der Waals surface area (Å²) in [5, 5.41) is 6.74. The number of amides is 1. The van der Waals surface area contributed by atoms with Crippen LogP contribution in [-0.4, -0.2) is 54.8 Å². The van der Waals surface area contributed by atoms with Gasteiger partial charge in [0.1, 0.15) is 0 Å². The fourth-order valence-corrected chi connectivity index (χ4v) is 3.32. The number of rotatable bonds is 3. The lowest BCUT2D eigenvalue weighted by Crippen LogP contribution is -2.42. The summed E-state index contributed by atoms with van der Waals surface area (Å²) in [6, 6.07) is 18.0. The van der Waals surface area contributed by atoms with E-state index in [1.54, 1.807) is 0 Å². The van der Waals surface area contributed by atoms with Gasteiger partial charge in [-0.15, -0.1) is 0 Å². The number of hydrogen-bond donors (Lipinski definition) is 0. The molecule has 4 rings (SSSR count). The molecular formula is C20H22N4O. The summed E-state index contributed by atoms with van der Waals surface area (Å²) in [4.78, 5) is 17.2. The van der Waals surface area contributed by atoms with Crippen molar-refractivity contribution < 1.29 is 4.79 Å². The summed E-state index contributed by atoms with van der Waals surface area (Å²) in [6.45, 7) is 4.22. The molecule has 2 aliphatic rings. The molecule has 2 aromatic carbocycles. The number of anilines is 1. The molecule has 0 radical (unpaired) electrons. The number of hydrogen-bond acceptors (Lipinski definition) is 4. The Morgan fingerprint density at radius 3 is 2.36 bits per heavy atom. The molecule has 128 valence electrons. The van der Waals surface area contributed by atoms with Crippen molar-refractivity contribution in [2.24, 2.45) is 5.10 Å². The van der Waals surface area contributed by atoms with E-state index >= 15 is 0 Å². The summed E-state index contributed by atoms with van der Waals surface area (Å²) in [5.74, 6) is -0.0102. The van der Waals surface area contributed by atoms with Crippen molar-refractivity contribution in [2.45, 2.75) is 6.54 Å². The van der Waals surface area contributed by atoms with Gasteiger partial charge in [-0.2, -0.15) is 5.10 Å². The Kier molecular flexibility index (Phi) is 4.24. The Hall–Kier alpha value is -2.66. The molecule has 2 heterocycles. The Morgan fingerprint density at radius 2 is 1.60 bits per heavy atom. The van der Waals surface area contributed by atoms with Crippen LogP contribution in [0.3, 0.4) is 0 Å². The van der Waals surface area contributed by atoms with Crippen LogP contribution < -0.4 is 4.90 Å². The first-order valence-corrected chi connectivity index (χ1v) is 8.69. The van der Waals surface area contributed by atoms with Crippen LogP contribution in [0.1, 0.15) is 11.1 Å². The molecule has 0 spiro atoms. The van der Waals surface area contributed by atoms with E-state index in [2.05, 4.69) is 11.9 Å². The van der Waals surface area contributed by atoms with Crippen molar-refractivity contribution in [2.75, 3.05) is 38.1 Å². The van der Waals surface area contributed by atoms with E-state index in [0.29, 0.717) is 12.3 Å². The number of carbonyl (C=O) groups excluding carboxylic acids is 1. The highest BCUT2D eigenvalue weighted by atomic mass is 16.2. The van der Waals surface area contributed by atoms with E-state index in [-0.39, 0.29) is 5.91 Å². The number of para-hydroxylation sites is 1. The molecule has 0 bridgehead atoms. The summed E-state index contributed by atoms with van der Waals surface area (Å²) in [6.07, 6.45) is 0. The zero-order chi connectivity index (χ0) is 17.2. The third kappa shape index (κ3) is 3.15. The molecule has 2 aliphatic heterocycles. The van der Waals surface area contributed by atoms with Gasteiger partial charge in [-0.05, 0) is 18.7 Å². The van der Waals surface area contributed by atoms with Crippen molar-refractivity contribution in [3.05, 3.63) is 65.7 Å². The van der Waals surface area contributed by atoms with Gasteiger partial charge in [0.2, 0.25) is 0 Å². The first-order chi connectivity index (χ1) is 12.2. The van der Waals surface area contributed by atoms with Crippen LogP contribution in [0.5, 0.6) is 0 Å². The van der Waals surface area contributed by atoms with Crippen molar-refractivity contribution in [3.63, 3.8) is 0 Å². The van der Waals surface area contributed by atoms with Gasteiger partial charge in [0.05, 0.1) is 12.2 Å². The summed E-state index contributed by atoms with van der Waals surface area (Å²) < 4.78 is 0. The quantitative estimate of drug-likeness (QED) is 0.864. The fourth-order valence-electron chi connectivity index (χ4n) is 3.32. The van der Waals surface area contributed by atoms with Gasteiger partial charge in [0, 0.05) is 31.7 Å². The molecule has 5 heteroatoms. The van der Waals surface area contributed by atoms with Crippen LogP contribution in [0.15, 0.2) is 59.7 Å². The predicted molar refractivity (Wildman–Crippen MR) is 99.7 cm³/mol. The van der Waals surface area contributed by atoms with Gasteiger partial charge in [0.25, 0.3) is 5.91 Å². The molecule has 0 N–H and O–H groups in total. The van der Waals surface area contributed by atoms with E-state index in [4.69, 9.17) is 5.10 Å². The minimum atomic E-state index is -0.0102. The second-order valence-corrected chi connectivity index (χ2v) is 6.60. The lowest BCUT2D eigenvalue weighted by Gasteiger charge is -2.30. The number of fused-ring (bicyclic) bond motifs is 1. The minimum Gasteiger partial charge on any atom is -0.303 e.